The van der Waals surface area contributed by atoms with E-state index in [9.17, 15) is 5.11 Å². The summed E-state index contributed by atoms with van der Waals surface area (Å²) in [5, 5.41) is 10.8. The van der Waals surface area contributed by atoms with E-state index in [-0.39, 0.29) is 5.75 Å². The normalized spacial score (nSPS) is 10.5. The van der Waals surface area contributed by atoms with Crippen LogP contribution in [-0.4, -0.2) is 11.7 Å². The summed E-state index contributed by atoms with van der Waals surface area (Å²) in [4.78, 5) is 0. The van der Waals surface area contributed by atoms with E-state index in [0.717, 1.165) is 45.5 Å². The Morgan fingerprint density at radius 1 is 0.632 bits per heavy atom. The quantitative estimate of drug-likeness (QED) is 0.188. The molecule has 0 aliphatic rings. The molecule has 0 heterocycles. The monoisotopic (exact) mass is 505 g/mol. The molecule has 0 spiro atoms. The Morgan fingerprint density at radius 2 is 1.08 bits per heavy atom. The van der Waals surface area contributed by atoms with E-state index in [2.05, 4.69) is 49.9 Å². The van der Waals surface area contributed by atoms with Crippen molar-refractivity contribution in [2.75, 3.05) is 6.54 Å². The second-order valence-electron chi connectivity index (χ2n) is 9.67. The minimum absolute atomic E-state index is 0.238. The number of hydrogen-bond acceptors (Lipinski definition) is 2. The Morgan fingerprint density at radius 3 is 1.55 bits per heavy atom. The molecule has 4 rings (SSSR count). The van der Waals surface area contributed by atoms with Crippen LogP contribution in [0.1, 0.15) is 63.9 Å². The van der Waals surface area contributed by atoms with Crippen molar-refractivity contribution in [3.8, 4) is 39.1 Å². The highest BCUT2D eigenvalue weighted by Crippen LogP contribution is 2.46. The van der Waals surface area contributed by atoms with Gasteiger partial charge in [0, 0.05) is 11.1 Å². The number of phenols is 1. The number of hydrogen-bond donors (Lipinski definition) is 2. The molecule has 198 valence electrons. The van der Waals surface area contributed by atoms with E-state index in [1.54, 1.807) is 6.08 Å². The molecule has 0 aromatic heterocycles. The average Bonchev–Trinajstić information content (AvgIpc) is 2.98. The topological polar surface area (TPSA) is 46.2 Å². The first-order chi connectivity index (χ1) is 18.7. The van der Waals surface area contributed by atoms with Crippen molar-refractivity contribution in [3.63, 3.8) is 0 Å². The first-order valence-electron chi connectivity index (χ1n) is 14.1. The van der Waals surface area contributed by atoms with Crippen molar-refractivity contribution in [1.82, 2.24) is 0 Å². The van der Waals surface area contributed by atoms with Gasteiger partial charge in [-0.3, -0.25) is 0 Å². The van der Waals surface area contributed by atoms with Gasteiger partial charge >= 0.3 is 0 Å². The van der Waals surface area contributed by atoms with Crippen LogP contribution in [-0.2, 0) is 0 Å². The molecule has 2 nitrogen and oxygen atoms in total. The van der Waals surface area contributed by atoms with E-state index in [4.69, 9.17) is 5.73 Å². The van der Waals surface area contributed by atoms with Crippen molar-refractivity contribution in [3.05, 3.63) is 109 Å². The van der Waals surface area contributed by atoms with Gasteiger partial charge in [0.25, 0.3) is 0 Å². The Bertz CT molecular complexity index is 1210. The van der Waals surface area contributed by atoms with E-state index < -0.39 is 0 Å². The second-order valence-corrected chi connectivity index (χ2v) is 9.67. The minimum Gasteiger partial charge on any atom is -0.507 e. The van der Waals surface area contributed by atoms with Crippen LogP contribution < -0.4 is 5.73 Å². The maximum absolute atomic E-state index is 10.8. The Balaban J connectivity index is 0.000000310. The number of phenolic OH excluding ortho intramolecular Hbond substituents is 1. The van der Waals surface area contributed by atoms with Crippen LogP contribution >= 0.6 is 0 Å². The molecule has 0 unspecified atom stereocenters. The molecule has 0 aliphatic carbocycles. The lowest BCUT2D eigenvalue weighted by molar-refractivity contribution is 0.474. The smallest absolute Gasteiger partial charge is 0.124 e. The maximum atomic E-state index is 10.8. The molecule has 0 amide bonds. The number of benzene rings is 4. The van der Waals surface area contributed by atoms with Gasteiger partial charge in [-0.2, -0.15) is 0 Å². The molecule has 4 aromatic rings. The molecule has 0 aliphatic heterocycles. The molecule has 0 radical (unpaired) electrons. The fourth-order valence-electron chi connectivity index (χ4n) is 4.82. The lowest BCUT2D eigenvalue weighted by Gasteiger charge is -2.20. The van der Waals surface area contributed by atoms with Gasteiger partial charge in [-0.15, -0.1) is 0 Å². The fraction of sp³-hybridized carbons (Fsp3) is 0.278. The lowest BCUT2D eigenvalue weighted by atomic mass is 9.84. The zero-order valence-electron chi connectivity index (χ0n) is 22.9. The average molecular weight is 506 g/mol. The number of aromatic hydroxyl groups is 1. The van der Waals surface area contributed by atoms with Gasteiger partial charge in [-0.25, -0.2) is 0 Å². The molecule has 2 heteroatoms. The first kappa shape index (κ1) is 28.9. The Labute approximate surface area is 229 Å². The summed E-state index contributed by atoms with van der Waals surface area (Å²) in [5.74, 6) is 0.238. The highest BCUT2D eigenvalue weighted by atomic mass is 16.3. The van der Waals surface area contributed by atoms with E-state index in [0.29, 0.717) is 0 Å². The second kappa shape index (κ2) is 16.3. The summed E-state index contributed by atoms with van der Waals surface area (Å²) < 4.78 is 0. The Hall–Kier alpha value is -3.62. The summed E-state index contributed by atoms with van der Waals surface area (Å²) in [6.07, 6.45) is 12.7. The molecule has 0 atom stereocenters. The first-order valence-corrected chi connectivity index (χ1v) is 14.1. The molecule has 0 saturated carbocycles. The SMILES string of the molecule is C=Cc1c(O)cc(-c2ccccc2)c(-c2ccccc2)c1-c1ccccc1.CCCCCCCCCCN. The van der Waals surface area contributed by atoms with Crippen molar-refractivity contribution < 1.29 is 5.11 Å². The summed E-state index contributed by atoms with van der Waals surface area (Å²) in [7, 11) is 0. The van der Waals surface area contributed by atoms with Crippen LogP contribution in [0.4, 0.5) is 0 Å². The van der Waals surface area contributed by atoms with Gasteiger partial charge in [-0.1, -0.05) is 156 Å². The van der Waals surface area contributed by atoms with Crippen LogP contribution in [0.5, 0.6) is 5.75 Å². The predicted molar refractivity (Wildman–Crippen MR) is 166 cm³/mol. The lowest BCUT2D eigenvalue weighted by Crippen LogP contribution is -1.97. The van der Waals surface area contributed by atoms with E-state index in [1.165, 1.54) is 51.4 Å². The van der Waals surface area contributed by atoms with Gasteiger partial charge in [0.1, 0.15) is 5.75 Å². The third-order valence-electron chi connectivity index (χ3n) is 6.82. The van der Waals surface area contributed by atoms with Crippen LogP contribution in [0.2, 0.25) is 0 Å². The minimum atomic E-state index is 0.238. The summed E-state index contributed by atoms with van der Waals surface area (Å²) in [5.41, 5.74) is 12.5. The van der Waals surface area contributed by atoms with Gasteiger partial charge in [-0.05, 0) is 46.8 Å². The molecule has 38 heavy (non-hydrogen) atoms. The summed E-state index contributed by atoms with van der Waals surface area (Å²) >= 11 is 0. The largest absolute Gasteiger partial charge is 0.507 e. The highest BCUT2D eigenvalue weighted by Gasteiger charge is 2.20. The molecule has 0 bridgehead atoms. The third kappa shape index (κ3) is 8.19. The van der Waals surface area contributed by atoms with E-state index in [1.807, 2.05) is 60.7 Å². The molecule has 0 fully saturated rings. The van der Waals surface area contributed by atoms with Gasteiger partial charge in [0.2, 0.25) is 0 Å². The number of nitrogens with two attached hydrogens (primary N) is 1. The zero-order valence-corrected chi connectivity index (χ0v) is 22.9. The van der Waals surface area contributed by atoms with Gasteiger partial charge in [0.15, 0.2) is 0 Å². The van der Waals surface area contributed by atoms with Crippen molar-refractivity contribution in [2.24, 2.45) is 5.73 Å². The molecule has 4 aromatic carbocycles. The van der Waals surface area contributed by atoms with Gasteiger partial charge in [0.05, 0.1) is 0 Å². The summed E-state index contributed by atoms with van der Waals surface area (Å²) in [6.45, 7) is 7.08. The summed E-state index contributed by atoms with van der Waals surface area (Å²) in [6, 6.07) is 32.5. The van der Waals surface area contributed by atoms with Crippen molar-refractivity contribution in [2.45, 2.75) is 58.3 Å². The van der Waals surface area contributed by atoms with Crippen molar-refractivity contribution >= 4 is 6.08 Å². The van der Waals surface area contributed by atoms with Crippen LogP contribution in [0.15, 0.2) is 104 Å². The van der Waals surface area contributed by atoms with Crippen LogP contribution in [0.25, 0.3) is 39.5 Å². The maximum Gasteiger partial charge on any atom is 0.124 e. The van der Waals surface area contributed by atoms with Gasteiger partial charge < -0.3 is 10.8 Å². The van der Waals surface area contributed by atoms with Crippen LogP contribution in [0.3, 0.4) is 0 Å². The highest BCUT2D eigenvalue weighted by molar-refractivity contribution is 5.99. The molecular weight excluding hydrogens is 462 g/mol. The predicted octanol–water partition coefficient (Wildman–Crippen LogP) is 10.1. The van der Waals surface area contributed by atoms with E-state index >= 15 is 0 Å². The third-order valence-corrected chi connectivity index (χ3v) is 6.82. The standard InChI is InChI=1S/C26H20O.C10H23N/c1-2-22-24(27)18-23(19-12-6-3-7-13-19)26(21-16-10-5-11-17-21)25(22)20-14-8-4-9-15-20;1-2-3-4-5-6-7-8-9-10-11/h2-18,27H,1H2;2-11H2,1H3. The zero-order chi connectivity index (χ0) is 27.0. The number of unbranched alkanes of at least 4 members (excludes halogenated alkanes) is 7. The molecular formula is C36H43NO. The van der Waals surface area contributed by atoms with Crippen molar-refractivity contribution in [1.29, 1.82) is 0 Å². The molecule has 3 N–H and O–H groups in total. The molecule has 0 saturated heterocycles. The van der Waals surface area contributed by atoms with Crippen LogP contribution in [0, 0.1) is 0 Å². The Kier molecular flexibility index (Phi) is 12.4. The fourth-order valence-corrected chi connectivity index (χ4v) is 4.82. The number of rotatable bonds is 12.